The molecule has 12 heteroatoms. The Kier molecular flexibility index (Phi) is 36.9. The number of carbonyl (C=O) groups is 4. The van der Waals surface area contributed by atoms with Crippen LogP contribution in [-0.2, 0) is 38.1 Å². The third-order valence-corrected chi connectivity index (χ3v) is 24.7. The lowest BCUT2D eigenvalue weighted by atomic mass is 9.71. The van der Waals surface area contributed by atoms with Crippen LogP contribution in [0.2, 0.25) is 0 Å². The number of piperidine rings is 4. The van der Waals surface area contributed by atoms with Crippen molar-refractivity contribution in [1.29, 1.82) is 0 Å². The topological polar surface area (TPSA) is 153 Å². The van der Waals surface area contributed by atoms with Crippen molar-refractivity contribution in [3.63, 3.8) is 0 Å². The van der Waals surface area contributed by atoms with E-state index in [2.05, 4.69) is 160 Å². The average Bonchev–Trinajstić information content (AvgIpc) is 0.816. The van der Waals surface area contributed by atoms with Crippen LogP contribution < -0.4 is 21.3 Å². The van der Waals surface area contributed by atoms with E-state index in [-0.39, 0.29) is 56.2 Å². The van der Waals surface area contributed by atoms with Gasteiger partial charge in [-0.3, -0.25) is 19.2 Å². The third-order valence-electron chi connectivity index (χ3n) is 24.7. The van der Waals surface area contributed by atoms with Gasteiger partial charge >= 0.3 is 23.9 Å². The third kappa shape index (κ3) is 30.3. The van der Waals surface area contributed by atoms with Crippen molar-refractivity contribution < 1.29 is 38.1 Å². The summed E-state index contributed by atoms with van der Waals surface area (Å²) in [4.78, 5) is 64.7. The van der Waals surface area contributed by atoms with E-state index in [4.69, 9.17) is 18.9 Å². The highest BCUT2D eigenvalue weighted by Crippen LogP contribution is 2.47. The summed E-state index contributed by atoms with van der Waals surface area (Å²) in [6.07, 6.45) is 30.1. The van der Waals surface area contributed by atoms with Crippen LogP contribution in [0.5, 0.6) is 0 Å². The summed E-state index contributed by atoms with van der Waals surface area (Å²) >= 11 is 0. The van der Waals surface area contributed by atoms with Gasteiger partial charge < -0.3 is 40.2 Å². The van der Waals surface area contributed by atoms with E-state index < -0.39 is 83.8 Å². The zero-order valence-electron chi connectivity index (χ0n) is 66.7. The van der Waals surface area contributed by atoms with E-state index in [0.717, 1.165) is 181 Å². The molecule has 4 rings (SSSR count). The molecule has 0 bridgehead atoms. The molecule has 6 unspecified atom stereocenters. The molecule has 4 heterocycles. The van der Waals surface area contributed by atoms with Crippen LogP contribution in [0.3, 0.4) is 0 Å². The molecule has 562 valence electrons. The molecule has 0 spiro atoms. The number of carbonyl (C=O) groups excluding carboxylic acids is 4. The molecule has 12 nitrogen and oxygen atoms in total. The first kappa shape index (κ1) is 86.1. The van der Waals surface area contributed by atoms with Crippen molar-refractivity contribution in [3.8, 4) is 0 Å². The maximum absolute atomic E-state index is 16.5. The van der Waals surface area contributed by atoms with E-state index in [0.29, 0.717) is 0 Å². The van der Waals surface area contributed by atoms with E-state index >= 15 is 19.2 Å². The predicted octanol–water partition coefficient (Wildman–Crippen LogP) is 20.3. The molecular weight excluding hydrogens is 1190 g/mol. The summed E-state index contributed by atoms with van der Waals surface area (Å²) in [5.41, 5.74) is -0.864. The fraction of sp³-hybridized carbons (Fsp3) is 0.952. The second-order valence-corrected chi connectivity index (χ2v) is 37.9. The Balaban J connectivity index is 1.95. The Hall–Kier alpha value is -2.28. The van der Waals surface area contributed by atoms with Gasteiger partial charge in [-0.1, -0.05) is 216 Å². The summed E-state index contributed by atoms with van der Waals surface area (Å²) in [7, 11) is 0. The SMILES string of the molecule is CCCCC(C)(C)CCCC(C)(C)C(OC(=O)CC(C(=O)OC(C1CCNCC1)C(C)(C)CCCC(C)(C)CCCC)C(CC(=O)OC(C1CCNCC1)C(C)(C)CCCC(C)(C)CCCC)C(=O)OC(C1CCNCC1)C(C)(C)CCCC(C)(C)CCCC)C1CCNCC1. The van der Waals surface area contributed by atoms with Crippen LogP contribution in [0.1, 0.15) is 357 Å². The second kappa shape index (κ2) is 41.1. The normalized spacial score (nSPS) is 19.7. The molecular formula is C84H158N4O8. The number of nitrogens with one attached hydrogen (secondary N) is 4. The highest BCUT2D eigenvalue weighted by atomic mass is 16.6. The molecule has 4 fully saturated rings. The number of ether oxygens (including phenoxy) is 4. The zero-order chi connectivity index (χ0) is 71.4. The first-order valence-electron chi connectivity index (χ1n) is 40.7. The van der Waals surface area contributed by atoms with Gasteiger partial charge in [0.2, 0.25) is 0 Å². The molecule has 4 aliphatic rings. The first-order valence-corrected chi connectivity index (χ1v) is 40.7. The molecule has 4 saturated heterocycles. The highest BCUT2D eigenvalue weighted by molar-refractivity contribution is 5.89. The maximum Gasteiger partial charge on any atom is 0.310 e. The van der Waals surface area contributed by atoms with Crippen LogP contribution in [-0.4, -0.2) is 101 Å². The van der Waals surface area contributed by atoms with Crippen molar-refractivity contribution >= 4 is 23.9 Å². The minimum atomic E-state index is -1.38. The van der Waals surface area contributed by atoms with Crippen molar-refractivity contribution in [2.45, 2.75) is 381 Å². The lowest BCUT2D eigenvalue weighted by Crippen LogP contribution is -2.49. The largest absolute Gasteiger partial charge is 0.461 e. The lowest BCUT2D eigenvalue weighted by molar-refractivity contribution is -0.186. The van der Waals surface area contributed by atoms with Gasteiger partial charge in [0.25, 0.3) is 0 Å². The molecule has 4 N–H and O–H groups in total. The number of hydrogen-bond donors (Lipinski definition) is 4. The highest BCUT2D eigenvalue weighted by Gasteiger charge is 2.50. The van der Waals surface area contributed by atoms with Crippen molar-refractivity contribution in [2.24, 2.45) is 78.8 Å². The Morgan fingerprint density at radius 1 is 0.292 bits per heavy atom. The number of esters is 4. The van der Waals surface area contributed by atoms with Crippen LogP contribution in [0, 0.1) is 78.8 Å². The monoisotopic (exact) mass is 1350 g/mol. The van der Waals surface area contributed by atoms with E-state index in [1.807, 2.05) is 0 Å². The van der Waals surface area contributed by atoms with Gasteiger partial charge in [-0.25, -0.2) is 0 Å². The fourth-order valence-electron chi connectivity index (χ4n) is 17.9. The van der Waals surface area contributed by atoms with Crippen LogP contribution in [0.15, 0.2) is 0 Å². The molecule has 0 aromatic carbocycles. The molecule has 0 amide bonds. The molecule has 4 aliphatic heterocycles. The zero-order valence-corrected chi connectivity index (χ0v) is 66.7. The molecule has 0 aromatic heterocycles. The Labute approximate surface area is 592 Å². The number of unbranched alkanes of at least 4 members (excludes halogenated alkanes) is 4. The smallest absolute Gasteiger partial charge is 0.310 e. The van der Waals surface area contributed by atoms with Crippen LogP contribution in [0.25, 0.3) is 0 Å². The molecule has 0 saturated carbocycles. The molecule has 0 aliphatic carbocycles. The minimum absolute atomic E-state index is 0.0561. The van der Waals surface area contributed by atoms with Crippen LogP contribution >= 0.6 is 0 Å². The first-order chi connectivity index (χ1) is 45.0. The molecule has 0 radical (unpaired) electrons. The van der Waals surface area contributed by atoms with Gasteiger partial charge in [0.15, 0.2) is 0 Å². The molecule has 6 atom stereocenters. The lowest BCUT2D eigenvalue weighted by Gasteiger charge is -2.43. The Bertz CT molecular complexity index is 2040. The van der Waals surface area contributed by atoms with Gasteiger partial charge in [-0.2, -0.15) is 0 Å². The number of rotatable bonds is 47. The Morgan fingerprint density at radius 3 is 0.677 bits per heavy atom. The summed E-state index contributed by atoms with van der Waals surface area (Å²) < 4.78 is 28.6. The van der Waals surface area contributed by atoms with Crippen molar-refractivity contribution in [3.05, 3.63) is 0 Å². The van der Waals surface area contributed by atoms with Gasteiger partial charge in [0.05, 0.1) is 24.7 Å². The van der Waals surface area contributed by atoms with Crippen molar-refractivity contribution in [1.82, 2.24) is 21.3 Å². The average molecular weight is 1350 g/mol. The summed E-state index contributed by atoms with van der Waals surface area (Å²) in [6, 6.07) is 0. The van der Waals surface area contributed by atoms with E-state index in [9.17, 15) is 0 Å². The quantitative estimate of drug-likeness (QED) is 0.0339. The Morgan fingerprint density at radius 2 is 0.479 bits per heavy atom. The van der Waals surface area contributed by atoms with E-state index in [1.165, 1.54) is 77.0 Å². The molecule has 0 aromatic rings. The van der Waals surface area contributed by atoms with Gasteiger partial charge in [0, 0.05) is 21.7 Å². The summed E-state index contributed by atoms with van der Waals surface area (Å²) in [5, 5.41) is 14.3. The summed E-state index contributed by atoms with van der Waals surface area (Å²) in [6.45, 7) is 52.9. The predicted molar refractivity (Wildman–Crippen MR) is 402 cm³/mol. The fourth-order valence-corrected chi connectivity index (χ4v) is 17.9. The van der Waals surface area contributed by atoms with Gasteiger partial charge in [-0.15, -0.1) is 0 Å². The van der Waals surface area contributed by atoms with Crippen LogP contribution in [0.4, 0.5) is 0 Å². The van der Waals surface area contributed by atoms with E-state index in [1.54, 1.807) is 0 Å². The number of hydrogen-bond acceptors (Lipinski definition) is 12. The van der Waals surface area contributed by atoms with Crippen molar-refractivity contribution in [2.75, 3.05) is 52.4 Å². The minimum Gasteiger partial charge on any atom is -0.461 e. The maximum atomic E-state index is 16.5. The van der Waals surface area contributed by atoms with Gasteiger partial charge in [0.1, 0.15) is 24.4 Å². The molecule has 96 heavy (non-hydrogen) atoms. The second-order valence-electron chi connectivity index (χ2n) is 37.9. The standard InChI is InChI=1S/C84H158N4O8/c1-21-25-41-77(5,6)45-29-49-81(13,14)71(63-33-53-85-54-34-63)93-69(89)61-67(75(91)95-73(65-37-57-87-58-38-65)83(17,18)51-31-47-79(9,10)43-27-23-3)68(76(92)96-74(66-39-59-88-60-40-66)84(19,20)52-32-48-80(11,12)44-28-24-4)62-70(90)94-72(64-35-55-86-56-36-64)82(15,16)50-30-46-78(7,8)42-26-22-2/h63-68,71-74,85-88H,21-62H2,1-20H3. The van der Waals surface area contributed by atoms with Gasteiger partial charge in [-0.05, 0) is 226 Å². The summed E-state index contributed by atoms with van der Waals surface area (Å²) in [5.74, 6) is -4.69.